The minimum Gasteiger partial charge on any atom is -0.385 e. The van der Waals surface area contributed by atoms with Crippen LogP contribution >= 0.6 is 0 Å². The normalized spacial score (nSPS) is 9.78. The van der Waals surface area contributed by atoms with Crippen LogP contribution in [0.1, 0.15) is 30.9 Å². The van der Waals surface area contributed by atoms with E-state index in [0.717, 1.165) is 6.61 Å². The molecule has 0 heterocycles. The van der Waals surface area contributed by atoms with Crippen LogP contribution in [-0.4, -0.2) is 13.7 Å². The number of benzene rings is 2. The molecule has 1 nitrogen and oxygen atoms in total. The van der Waals surface area contributed by atoms with Gasteiger partial charge < -0.3 is 4.74 Å². The number of methoxy groups -OCH3 is 1. The zero-order valence-corrected chi connectivity index (χ0v) is 11.5. The Kier molecular flexibility index (Phi) is 6.82. The van der Waals surface area contributed by atoms with Crippen molar-refractivity contribution in [3.63, 3.8) is 0 Å². The van der Waals surface area contributed by atoms with Crippen LogP contribution < -0.4 is 0 Å². The van der Waals surface area contributed by atoms with Crippen molar-refractivity contribution in [2.24, 2.45) is 0 Å². The quantitative estimate of drug-likeness (QED) is 0.770. The van der Waals surface area contributed by atoms with Gasteiger partial charge >= 0.3 is 0 Å². The number of rotatable bonds is 3. The predicted octanol–water partition coefficient (Wildman–Crippen LogP) is 4.49. The van der Waals surface area contributed by atoms with E-state index in [9.17, 15) is 0 Å². The van der Waals surface area contributed by atoms with Crippen LogP contribution in [0.3, 0.4) is 0 Å². The zero-order chi connectivity index (χ0) is 13.2. The fourth-order valence-electron chi connectivity index (χ4n) is 1.68. The third kappa shape index (κ3) is 4.72. The lowest BCUT2D eigenvalue weighted by atomic mass is 9.93. The lowest BCUT2D eigenvalue weighted by Gasteiger charge is -2.11. The molecular formula is C17H22O. The van der Waals surface area contributed by atoms with Crippen molar-refractivity contribution in [3.8, 4) is 0 Å². The molecule has 0 aliphatic rings. The predicted molar refractivity (Wildman–Crippen MR) is 78.0 cm³/mol. The standard InChI is InChI=1S/C14H14.C3H8O/c1-12(13-8-4-2-5-9-13)14-10-6-3-7-11-14;1-3-4-2/h2-12H,1H3;3H2,1-2H3. The number of hydrogen-bond donors (Lipinski definition) is 0. The molecule has 0 unspecified atom stereocenters. The molecule has 0 N–H and O–H groups in total. The topological polar surface area (TPSA) is 9.23 Å². The molecule has 18 heavy (non-hydrogen) atoms. The molecule has 0 spiro atoms. The smallest absolute Gasteiger partial charge is 0.0433 e. The monoisotopic (exact) mass is 242 g/mol. The summed E-state index contributed by atoms with van der Waals surface area (Å²) in [7, 11) is 1.68. The van der Waals surface area contributed by atoms with Crippen molar-refractivity contribution < 1.29 is 4.74 Å². The number of ether oxygens (including phenoxy) is 1. The molecule has 0 bridgehead atoms. The van der Waals surface area contributed by atoms with Crippen LogP contribution in [0.15, 0.2) is 60.7 Å². The maximum atomic E-state index is 4.54. The van der Waals surface area contributed by atoms with Crippen molar-refractivity contribution in [1.29, 1.82) is 0 Å². The van der Waals surface area contributed by atoms with Gasteiger partial charge in [-0.05, 0) is 18.1 Å². The minimum atomic E-state index is 0.484. The molecule has 0 aromatic heterocycles. The lowest BCUT2D eigenvalue weighted by Crippen LogP contribution is -1.94. The molecule has 0 fully saturated rings. The van der Waals surface area contributed by atoms with Gasteiger partial charge in [-0.1, -0.05) is 67.6 Å². The Hall–Kier alpha value is -1.60. The molecule has 1 heteroatoms. The first-order valence-corrected chi connectivity index (χ1v) is 6.38. The van der Waals surface area contributed by atoms with E-state index in [1.54, 1.807) is 7.11 Å². The third-order valence-corrected chi connectivity index (χ3v) is 2.89. The van der Waals surface area contributed by atoms with E-state index in [4.69, 9.17) is 0 Å². The van der Waals surface area contributed by atoms with Gasteiger partial charge in [-0.3, -0.25) is 0 Å². The Morgan fingerprint density at radius 2 is 1.17 bits per heavy atom. The van der Waals surface area contributed by atoms with Crippen molar-refractivity contribution in [2.45, 2.75) is 19.8 Å². The highest BCUT2D eigenvalue weighted by molar-refractivity contribution is 5.31. The second kappa shape index (κ2) is 8.48. The molecule has 0 saturated heterocycles. The third-order valence-electron chi connectivity index (χ3n) is 2.89. The van der Waals surface area contributed by atoms with Gasteiger partial charge in [0, 0.05) is 19.6 Å². The molecule has 0 aliphatic carbocycles. The van der Waals surface area contributed by atoms with Gasteiger partial charge in [-0.15, -0.1) is 0 Å². The van der Waals surface area contributed by atoms with Crippen LogP contribution in [-0.2, 0) is 4.74 Å². The first kappa shape index (κ1) is 14.5. The summed E-state index contributed by atoms with van der Waals surface area (Å²) in [5.41, 5.74) is 2.75. The van der Waals surface area contributed by atoms with Crippen LogP contribution in [0.5, 0.6) is 0 Å². The molecule has 0 radical (unpaired) electrons. The van der Waals surface area contributed by atoms with E-state index in [-0.39, 0.29) is 0 Å². The highest BCUT2D eigenvalue weighted by Crippen LogP contribution is 2.22. The van der Waals surface area contributed by atoms with Crippen LogP contribution in [0.2, 0.25) is 0 Å². The summed E-state index contributed by atoms with van der Waals surface area (Å²) < 4.78 is 4.54. The second-order valence-electron chi connectivity index (χ2n) is 4.12. The zero-order valence-electron chi connectivity index (χ0n) is 11.5. The fraction of sp³-hybridized carbons (Fsp3) is 0.294. The van der Waals surface area contributed by atoms with Crippen LogP contribution in [0.4, 0.5) is 0 Å². The second-order valence-corrected chi connectivity index (χ2v) is 4.12. The van der Waals surface area contributed by atoms with E-state index in [1.807, 2.05) is 6.92 Å². The molecule has 96 valence electrons. The van der Waals surface area contributed by atoms with Gasteiger partial charge in [0.05, 0.1) is 0 Å². The van der Waals surface area contributed by atoms with E-state index in [2.05, 4.69) is 72.3 Å². The van der Waals surface area contributed by atoms with Gasteiger partial charge in [0.15, 0.2) is 0 Å². The first-order valence-electron chi connectivity index (χ1n) is 6.38. The SMILES string of the molecule is CC(c1ccccc1)c1ccccc1.CCOC. The Bertz CT molecular complexity index is 367. The molecule has 0 saturated carbocycles. The van der Waals surface area contributed by atoms with Crippen LogP contribution in [0.25, 0.3) is 0 Å². The highest BCUT2D eigenvalue weighted by Gasteiger charge is 2.05. The van der Waals surface area contributed by atoms with Crippen molar-refractivity contribution in [2.75, 3.05) is 13.7 Å². The maximum absolute atomic E-state index is 4.54. The van der Waals surface area contributed by atoms with Crippen molar-refractivity contribution in [3.05, 3.63) is 71.8 Å². The fourth-order valence-corrected chi connectivity index (χ4v) is 1.68. The maximum Gasteiger partial charge on any atom is 0.0433 e. The molecule has 0 aliphatic heterocycles. The number of hydrogen-bond acceptors (Lipinski definition) is 1. The molecule has 0 amide bonds. The van der Waals surface area contributed by atoms with Gasteiger partial charge in [0.25, 0.3) is 0 Å². The summed E-state index contributed by atoms with van der Waals surface area (Å²) in [6, 6.07) is 21.2. The molecule has 2 aromatic rings. The Morgan fingerprint density at radius 1 is 0.833 bits per heavy atom. The van der Waals surface area contributed by atoms with E-state index in [1.165, 1.54) is 11.1 Å². The van der Waals surface area contributed by atoms with E-state index < -0.39 is 0 Å². The summed E-state index contributed by atoms with van der Waals surface area (Å²) in [6.45, 7) is 5.02. The highest BCUT2D eigenvalue weighted by atomic mass is 16.5. The summed E-state index contributed by atoms with van der Waals surface area (Å²) in [4.78, 5) is 0. The van der Waals surface area contributed by atoms with E-state index in [0.29, 0.717) is 5.92 Å². The lowest BCUT2D eigenvalue weighted by molar-refractivity contribution is 0.215. The van der Waals surface area contributed by atoms with Gasteiger partial charge in [0.2, 0.25) is 0 Å². The van der Waals surface area contributed by atoms with Crippen molar-refractivity contribution >= 4 is 0 Å². The Morgan fingerprint density at radius 3 is 1.44 bits per heavy atom. The molecule has 0 atom stereocenters. The Labute approximate surface area is 110 Å². The van der Waals surface area contributed by atoms with Gasteiger partial charge in [-0.2, -0.15) is 0 Å². The Balaban J connectivity index is 0.000000357. The van der Waals surface area contributed by atoms with Crippen molar-refractivity contribution in [1.82, 2.24) is 0 Å². The average molecular weight is 242 g/mol. The molecular weight excluding hydrogens is 220 g/mol. The minimum absolute atomic E-state index is 0.484. The van der Waals surface area contributed by atoms with Crippen LogP contribution in [0, 0.1) is 0 Å². The summed E-state index contributed by atoms with van der Waals surface area (Å²) in [5.74, 6) is 0.484. The van der Waals surface area contributed by atoms with E-state index >= 15 is 0 Å². The summed E-state index contributed by atoms with van der Waals surface area (Å²) >= 11 is 0. The van der Waals surface area contributed by atoms with Gasteiger partial charge in [-0.25, -0.2) is 0 Å². The largest absolute Gasteiger partial charge is 0.385 e. The van der Waals surface area contributed by atoms with Gasteiger partial charge in [0.1, 0.15) is 0 Å². The molecule has 2 rings (SSSR count). The first-order chi connectivity index (χ1) is 8.79. The summed E-state index contributed by atoms with van der Waals surface area (Å²) in [5, 5.41) is 0. The summed E-state index contributed by atoms with van der Waals surface area (Å²) in [6.07, 6.45) is 0. The molecule has 2 aromatic carbocycles. The average Bonchev–Trinajstić information content (AvgIpc) is 2.48.